The first-order valence-corrected chi connectivity index (χ1v) is 8.34. The van der Waals surface area contributed by atoms with E-state index < -0.39 is 0 Å². The molecule has 0 saturated carbocycles. The molecule has 0 spiro atoms. The van der Waals surface area contributed by atoms with E-state index >= 15 is 0 Å². The average molecular weight is 326 g/mol. The number of amides is 2. The van der Waals surface area contributed by atoms with Crippen LogP contribution in [-0.2, 0) is 6.54 Å². The second-order valence-electron chi connectivity index (χ2n) is 6.33. The molecule has 2 amide bonds. The van der Waals surface area contributed by atoms with E-state index in [1.165, 1.54) is 0 Å². The quantitative estimate of drug-likeness (QED) is 0.819. The third kappa shape index (κ3) is 5.30. The highest BCUT2D eigenvalue weighted by Gasteiger charge is 2.17. The summed E-state index contributed by atoms with van der Waals surface area (Å²) >= 11 is 0. The minimum absolute atomic E-state index is 0.105. The van der Waals surface area contributed by atoms with Crippen molar-refractivity contribution in [3.8, 4) is 5.75 Å². The van der Waals surface area contributed by atoms with Gasteiger partial charge in [-0.1, -0.05) is 30.3 Å². The highest BCUT2D eigenvalue weighted by molar-refractivity contribution is 5.89. The van der Waals surface area contributed by atoms with E-state index in [4.69, 9.17) is 4.74 Å². The molecule has 0 aliphatic rings. The Hall–Kier alpha value is -2.49. The third-order valence-corrected chi connectivity index (χ3v) is 3.56. The van der Waals surface area contributed by atoms with E-state index in [-0.39, 0.29) is 18.2 Å². The predicted molar refractivity (Wildman–Crippen MR) is 98.3 cm³/mol. The van der Waals surface area contributed by atoms with Crippen LogP contribution in [0.5, 0.6) is 5.75 Å². The van der Waals surface area contributed by atoms with Crippen molar-refractivity contribution in [2.75, 3.05) is 5.32 Å². The van der Waals surface area contributed by atoms with Crippen molar-refractivity contribution in [1.29, 1.82) is 0 Å². The van der Waals surface area contributed by atoms with Crippen LogP contribution < -0.4 is 10.1 Å². The summed E-state index contributed by atoms with van der Waals surface area (Å²) in [6.07, 6.45) is 0.132. The van der Waals surface area contributed by atoms with Gasteiger partial charge in [0.05, 0.1) is 6.10 Å². The zero-order valence-electron chi connectivity index (χ0n) is 14.8. The fourth-order valence-corrected chi connectivity index (χ4v) is 2.35. The molecule has 1 N–H and O–H groups in total. The highest BCUT2D eigenvalue weighted by Crippen LogP contribution is 2.18. The predicted octanol–water partition coefficient (Wildman–Crippen LogP) is 4.92. The molecule has 0 atom stereocenters. The lowest BCUT2D eigenvalue weighted by Gasteiger charge is -2.27. The number of benzene rings is 2. The maximum Gasteiger partial charge on any atom is 0.322 e. The molecule has 0 fully saturated rings. The molecule has 0 saturated heterocycles. The van der Waals surface area contributed by atoms with Crippen molar-refractivity contribution < 1.29 is 9.53 Å². The Bertz CT molecular complexity index is 636. The summed E-state index contributed by atoms with van der Waals surface area (Å²) < 4.78 is 5.62. The summed E-state index contributed by atoms with van der Waals surface area (Å²) in [5.41, 5.74) is 1.87. The number of ether oxygens (including phenoxy) is 1. The molecule has 128 valence electrons. The van der Waals surface area contributed by atoms with Gasteiger partial charge in [-0.2, -0.15) is 0 Å². The van der Waals surface area contributed by atoms with Crippen molar-refractivity contribution >= 4 is 11.7 Å². The van der Waals surface area contributed by atoms with E-state index in [9.17, 15) is 4.79 Å². The van der Waals surface area contributed by atoms with E-state index in [0.717, 1.165) is 17.0 Å². The molecule has 0 unspecified atom stereocenters. The van der Waals surface area contributed by atoms with Crippen LogP contribution >= 0.6 is 0 Å². The van der Waals surface area contributed by atoms with Crippen molar-refractivity contribution in [2.45, 2.75) is 46.4 Å². The average Bonchev–Trinajstić information content (AvgIpc) is 2.54. The molecule has 2 aromatic carbocycles. The molecule has 24 heavy (non-hydrogen) atoms. The van der Waals surface area contributed by atoms with Crippen LogP contribution in [-0.4, -0.2) is 23.1 Å². The number of nitrogens with zero attached hydrogens (tertiary/aromatic N) is 1. The first kappa shape index (κ1) is 17.9. The smallest absolute Gasteiger partial charge is 0.322 e. The minimum Gasteiger partial charge on any atom is -0.491 e. The van der Waals surface area contributed by atoms with Crippen molar-refractivity contribution in [3.63, 3.8) is 0 Å². The molecule has 2 aromatic rings. The maximum atomic E-state index is 12.6. The summed E-state index contributed by atoms with van der Waals surface area (Å²) in [4.78, 5) is 14.4. The van der Waals surface area contributed by atoms with Gasteiger partial charge in [0.15, 0.2) is 0 Å². The maximum absolute atomic E-state index is 12.6. The molecule has 0 heterocycles. The number of urea groups is 1. The van der Waals surface area contributed by atoms with Crippen molar-refractivity contribution in [2.24, 2.45) is 0 Å². The van der Waals surface area contributed by atoms with Crippen LogP contribution in [0.3, 0.4) is 0 Å². The Morgan fingerprint density at radius 2 is 1.62 bits per heavy atom. The van der Waals surface area contributed by atoms with E-state index in [1.807, 2.05) is 87.2 Å². The standard InChI is InChI=1S/C20H26N2O2/c1-15(2)22(14-17-8-6-5-7-9-17)20(23)21-18-10-12-19(13-11-18)24-16(3)4/h5-13,15-16H,14H2,1-4H3,(H,21,23). The summed E-state index contributed by atoms with van der Waals surface area (Å²) in [7, 11) is 0. The molecule has 4 heteroatoms. The zero-order valence-corrected chi connectivity index (χ0v) is 14.8. The molecular weight excluding hydrogens is 300 g/mol. The summed E-state index contributed by atoms with van der Waals surface area (Å²) in [6.45, 7) is 8.59. The molecule has 2 rings (SSSR count). The monoisotopic (exact) mass is 326 g/mol. The number of anilines is 1. The van der Waals surface area contributed by atoms with Gasteiger partial charge in [0.25, 0.3) is 0 Å². The molecule has 0 bridgehead atoms. The number of carbonyl (C=O) groups excluding carboxylic acids is 1. The summed E-state index contributed by atoms with van der Waals surface area (Å²) in [5, 5.41) is 2.96. The summed E-state index contributed by atoms with van der Waals surface area (Å²) in [5.74, 6) is 0.799. The van der Waals surface area contributed by atoms with E-state index in [1.54, 1.807) is 0 Å². The first-order valence-electron chi connectivity index (χ1n) is 8.34. The van der Waals surface area contributed by atoms with Crippen LogP contribution in [0.2, 0.25) is 0 Å². The molecular formula is C20H26N2O2. The first-order chi connectivity index (χ1) is 11.5. The molecule has 0 aromatic heterocycles. The van der Waals surface area contributed by atoms with Crippen molar-refractivity contribution in [3.05, 3.63) is 60.2 Å². The second-order valence-corrected chi connectivity index (χ2v) is 6.33. The second kappa shape index (κ2) is 8.39. The fourth-order valence-electron chi connectivity index (χ4n) is 2.35. The van der Waals surface area contributed by atoms with Crippen LogP contribution in [0.4, 0.5) is 10.5 Å². The number of hydrogen-bond donors (Lipinski definition) is 1. The number of hydrogen-bond acceptors (Lipinski definition) is 2. The van der Waals surface area contributed by atoms with Gasteiger partial charge in [-0.05, 0) is 57.5 Å². The molecule has 4 nitrogen and oxygen atoms in total. The largest absolute Gasteiger partial charge is 0.491 e. The van der Waals surface area contributed by atoms with Gasteiger partial charge in [0.1, 0.15) is 5.75 Å². The lowest BCUT2D eigenvalue weighted by Crippen LogP contribution is -2.39. The number of carbonyl (C=O) groups is 1. The van der Waals surface area contributed by atoms with Crippen molar-refractivity contribution in [1.82, 2.24) is 4.90 Å². The van der Waals surface area contributed by atoms with Gasteiger partial charge >= 0.3 is 6.03 Å². The summed E-state index contributed by atoms with van der Waals surface area (Å²) in [6, 6.07) is 17.5. The van der Waals surface area contributed by atoms with Gasteiger partial charge in [-0.3, -0.25) is 0 Å². The molecule has 0 aliphatic heterocycles. The molecule has 0 aliphatic carbocycles. The fraction of sp³-hybridized carbons (Fsp3) is 0.350. The van der Waals surface area contributed by atoms with Gasteiger partial charge in [-0.15, -0.1) is 0 Å². The van der Waals surface area contributed by atoms with Crippen LogP contribution in [0.1, 0.15) is 33.3 Å². The Labute approximate surface area is 144 Å². The lowest BCUT2D eigenvalue weighted by atomic mass is 10.2. The van der Waals surface area contributed by atoms with Crippen LogP contribution in [0.15, 0.2) is 54.6 Å². The highest BCUT2D eigenvalue weighted by atomic mass is 16.5. The zero-order chi connectivity index (χ0) is 17.5. The van der Waals surface area contributed by atoms with E-state index in [0.29, 0.717) is 6.54 Å². The SMILES string of the molecule is CC(C)Oc1ccc(NC(=O)N(Cc2ccccc2)C(C)C)cc1. The Kier molecular flexibility index (Phi) is 6.24. The Morgan fingerprint density at radius 1 is 1.00 bits per heavy atom. The normalized spacial score (nSPS) is 10.8. The van der Waals surface area contributed by atoms with Gasteiger partial charge in [0, 0.05) is 18.3 Å². The van der Waals surface area contributed by atoms with Gasteiger partial charge < -0.3 is 15.0 Å². The van der Waals surface area contributed by atoms with Crippen LogP contribution in [0, 0.1) is 0 Å². The third-order valence-electron chi connectivity index (χ3n) is 3.56. The molecule has 0 radical (unpaired) electrons. The van der Waals surface area contributed by atoms with Gasteiger partial charge in [0.2, 0.25) is 0 Å². The number of rotatable bonds is 6. The minimum atomic E-state index is -0.105. The Balaban J connectivity index is 2.02. The topological polar surface area (TPSA) is 41.6 Å². The van der Waals surface area contributed by atoms with E-state index in [2.05, 4.69) is 5.32 Å². The number of nitrogens with one attached hydrogen (secondary N) is 1. The van der Waals surface area contributed by atoms with Crippen LogP contribution in [0.25, 0.3) is 0 Å². The van der Waals surface area contributed by atoms with Gasteiger partial charge in [-0.25, -0.2) is 4.79 Å². The Morgan fingerprint density at radius 3 is 2.17 bits per heavy atom. The lowest BCUT2D eigenvalue weighted by molar-refractivity contribution is 0.193.